The van der Waals surface area contributed by atoms with Crippen molar-refractivity contribution in [2.75, 3.05) is 26.7 Å². The number of nitrogens with zero attached hydrogens (tertiary/aromatic N) is 1. The molecule has 0 bridgehead atoms. The summed E-state index contributed by atoms with van der Waals surface area (Å²) in [6, 6.07) is 5.10. The monoisotopic (exact) mass is 266 g/mol. The molecule has 1 saturated heterocycles. The van der Waals surface area contributed by atoms with Gasteiger partial charge >= 0.3 is 0 Å². The summed E-state index contributed by atoms with van der Waals surface area (Å²) >= 11 is 1.87. The summed E-state index contributed by atoms with van der Waals surface area (Å²) in [6.07, 6.45) is 8.14. The van der Waals surface area contributed by atoms with Crippen molar-refractivity contribution < 1.29 is 0 Å². The van der Waals surface area contributed by atoms with Crippen molar-refractivity contribution in [1.82, 2.24) is 10.2 Å². The molecule has 2 rings (SSSR count). The molecule has 1 aliphatic rings. The maximum absolute atomic E-state index is 3.71. The molecule has 1 aromatic heterocycles. The maximum atomic E-state index is 3.71. The Hall–Kier alpha value is -0.380. The molecule has 0 aliphatic carbocycles. The fourth-order valence-electron chi connectivity index (χ4n) is 2.66. The highest BCUT2D eigenvalue weighted by Gasteiger charge is 2.12. The Bertz CT molecular complexity index is 302. The third kappa shape index (κ3) is 5.09. The van der Waals surface area contributed by atoms with Crippen LogP contribution in [0.3, 0.4) is 0 Å². The van der Waals surface area contributed by atoms with Crippen LogP contribution in [0.1, 0.15) is 37.0 Å². The topological polar surface area (TPSA) is 15.3 Å². The first-order chi connectivity index (χ1) is 8.84. The minimum absolute atomic E-state index is 0.707. The van der Waals surface area contributed by atoms with E-state index in [1.54, 1.807) is 0 Å². The van der Waals surface area contributed by atoms with Crippen LogP contribution < -0.4 is 5.32 Å². The highest BCUT2D eigenvalue weighted by molar-refractivity contribution is 7.09. The Morgan fingerprint density at radius 1 is 1.33 bits per heavy atom. The van der Waals surface area contributed by atoms with Gasteiger partial charge in [0.2, 0.25) is 0 Å². The van der Waals surface area contributed by atoms with Crippen molar-refractivity contribution in [3.63, 3.8) is 0 Å². The van der Waals surface area contributed by atoms with E-state index in [9.17, 15) is 0 Å². The van der Waals surface area contributed by atoms with Gasteiger partial charge in [0, 0.05) is 24.0 Å². The summed E-state index contributed by atoms with van der Waals surface area (Å²) < 4.78 is 0. The number of hydrogen-bond acceptors (Lipinski definition) is 3. The van der Waals surface area contributed by atoms with E-state index in [1.165, 1.54) is 63.0 Å². The molecule has 0 spiro atoms. The van der Waals surface area contributed by atoms with Crippen LogP contribution in [0.15, 0.2) is 17.5 Å². The number of nitrogens with one attached hydrogen (secondary N) is 1. The van der Waals surface area contributed by atoms with E-state index in [0.717, 1.165) is 0 Å². The largest absolute Gasteiger partial charge is 0.313 e. The zero-order chi connectivity index (χ0) is 12.6. The summed E-state index contributed by atoms with van der Waals surface area (Å²) in [7, 11) is 2.26. The second-order valence-corrected chi connectivity index (χ2v) is 6.48. The summed E-state index contributed by atoms with van der Waals surface area (Å²) in [5, 5.41) is 5.88. The third-order valence-electron chi connectivity index (χ3n) is 3.76. The van der Waals surface area contributed by atoms with Gasteiger partial charge in [-0.2, -0.15) is 0 Å². The first-order valence-corrected chi connectivity index (χ1v) is 8.17. The zero-order valence-electron chi connectivity index (χ0n) is 11.5. The van der Waals surface area contributed by atoms with Crippen molar-refractivity contribution in [1.29, 1.82) is 0 Å². The van der Waals surface area contributed by atoms with Crippen molar-refractivity contribution in [3.05, 3.63) is 22.4 Å². The van der Waals surface area contributed by atoms with E-state index in [0.29, 0.717) is 6.04 Å². The van der Waals surface area contributed by atoms with Crippen molar-refractivity contribution in [3.8, 4) is 0 Å². The fourth-order valence-corrected chi connectivity index (χ4v) is 3.35. The zero-order valence-corrected chi connectivity index (χ0v) is 12.3. The van der Waals surface area contributed by atoms with Gasteiger partial charge in [0.05, 0.1) is 0 Å². The van der Waals surface area contributed by atoms with Crippen LogP contribution in [0.25, 0.3) is 0 Å². The predicted octanol–water partition coefficient (Wildman–Crippen LogP) is 3.14. The van der Waals surface area contributed by atoms with Gasteiger partial charge in [-0.3, -0.25) is 0 Å². The normalized spacial score (nSPS) is 21.8. The van der Waals surface area contributed by atoms with E-state index >= 15 is 0 Å². The molecule has 1 N–H and O–H groups in total. The lowest BCUT2D eigenvalue weighted by Gasteiger charge is -2.26. The molecular weight excluding hydrogens is 240 g/mol. The molecular formula is C15H26N2S. The van der Waals surface area contributed by atoms with Crippen LogP contribution >= 0.6 is 11.3 Å². The lowest BCUT2D eigenvalue weighted by Crippen LogP contribution is -2.41. The van der Waals surface area contributed by atoms with Crippen molar-refractivity contribution >= 4 is 11.3 Å². The second kappa shape index (κ2) is 7.93. The average Bonchev–Trinajstić information content (AvgIpc) is 2.83. The lowest BCUT2D eigenvalue weighted by atomic mass is 10.0. The lowest BCUT2D eigenvalue weighted by molar-refractivity contribution is 0.273. The predicted molar refractivity (Wildman–Crippen MR) is 80.4 cm³/mol. The van der Waals surface area contributed by atoms with E-state index in [1.807, 2.05) is 11.3 Å². The quantitative estimate of drug-likeness (QED) is 0.881. The average molecular weight is 266 g/mol. The van der Waals surface area contributed by atoms with Gasteiger partial charge in [-0.15, -0.1) is 11.3 Å². The van der Waals surface area contributed by atoms with Crippen LogP contribution in [0, 0.1) is 0 Å². The molecule has 0 amide bonds. The summed E-state index contributed by atoms with van der Waals surface area (Å²) in [6.45, 7) is 3.59. The highest BCUT2D eigenvalue weighted by atomic mass is 32.1. The first kappa shape index (κ1) is 14.0. The minimum atomic E-state index is 0.707. The molecule has 1 aliphatic heterocycles. The Kier molecular flexibility index (Phi) is 6.18. The fraction of sp³-hybridized carbons (Fsp3) is 0.733. The van der Waals surface area contributed by atoms with Gasteiger partial charge in [-0.1, -0.05) is 25.3 Å². The van der Waals surface area contributed by atoms with E-state index in [4.69, 9.17) is 0 Å². The number of rotatable bonds is 5. The molecule has 1 fully saturated rings. The van der Waals surface area contributed by atoms with Crippen molar-refractivity contribution in [2.24, 2.45) is 0 Å². The molecule has 0 radical (unpaired) electrons. The van der Waals surface area contributed by atoms with Crippen molar-refractivity contribution in [2.45, 2.75) is 44.6 Å². The molecule has 1 aromatic rings. The molecule has 1 atom stereocenters. The van der Waals surface area contributed by atoms with Gasteiger partial charge in [-0.25, -0.2) is 0 Å². The van der Waals surface area contributed by atoms with Crippen LogP contribution in [0.5, 0.6) is 0 Å². The Labute approximate surface area is 115 Å². The number of thiophene rings is 1. The van der Waals surface area contributed by atoms with Gasteiger partial charge in [0.1, 0.15) is 0 Å². The maximum Gasteiger partial charge on any atom is 0.0194 e. The molecule has 2 heterocycles. The third-order valence-corrected chi connectivity index (χ3v) is 4.70. The van der Waals surface area contributed by atoms with Gasteiger partial charge < -0.3 is 10.2 Å². The molecule has 2 nitrogen and oxygen atoms in total. The summed E-state index contributed by atoms with van der Waals surface area (Å²) in [5.41, 5.74) is 0. The number of likely N-dealkylation sites (N-methyl/N-ethyl adjacent to an activating group) is 1. The summed E-state index contributed by atoms with van der Waals surface area (Å²) in [5.74, 6) is 0. The molecule has 1 unspecified atom stereocenters. The minimum Gasteiger partial charge on any atom is -0.313 e. The highest BCUT2D eigenvalue weighted by Crippen LogP contribution is 2.12. The molecule has 0 saturated carbocycles. The summed E-state index contributed by atoms with van der Waals surface area (Å²) in [4.78, 5) is 3.99. The molecule has 0 aromatic carbocycles. The Balaban J connectivity index is 1.67. The Morgan fingerprint density at radius 2 is 2.22 bits per heavy atom. The second-order valence-electron chi connectivity index (χ2n) is 5.45. The van der Waals surface area contributed by atoms with Gasteiger partial charge in [0.25, 0.3) is 0 Å². The van der Waals surface area contributed by atoms with Gasteiger partial charge in [0.15, 0.2) is 0 Å². The molecule has 102 valence electrons. The molecule has 3 heteroatoms. The Morgan fingerprint density at radius 3 is 3.06 bits per heavy atom. The first-order valence-electron chi connectivity index (χ1n) is 7.29. The standard InChI is InChI=1S/C15H26N2S/c1-17(11-9-15-8-6-12-18-15)13-14-7-4-2-3-5-10-16-14/h6,8,12,14,16H,2-5,7,9-11,13H2,1H3. The van der Waals surface area contributed by atoms with E-state index < -0.39 is 0 Å². The SMILES string of the molecule is CN(CCc1cccs1)CC1CCCCCCN1. The van der Waals surface area contributed by atoms with Crippen LogP contribution in [0.2, 0.25) is 0 Å². The molecule has 18 heavy (non-hydrogen) atoms. The number of hydrogen-bond donors (Lipinski definition) is 1. The van der Waals surface area contributed by atoms with E-state index in [-0.39, 0.29) is 0 Å². The van der Waals surface area contributed by atoms with Gasteiger partial charge in [-0.05, 0) is 44.3 Å². The smallest absolute Gasteiger partial charge is 0.0194 e. The van der Waals surface area contributed by atoms with Crippen LogP contribution in [-0.2, 0) is 6.42 Å². The van der Waals surface area contributed by atoms with Crippen LogP contribution in [-0.4, -0.2) is 37.6 Å². The van der Waals surface area contributed by atoms with E-state index in [2.05, 4.69) is 34.8 Å². The van der Waals surface area contributed by atoms with Crippen LogP contribution in [0.4, 0.5) is 0 Å².